The second-order valence-electron chi connectivity index (χ2n) is 4.54. The Balaban J connectivity index is 1.94. The molecule has 1 aromatic rings. The van der Waals surface area contributed by atoms with E-state index in [0.717, 1.165) is 37.4 Å². The SMILES string of the molecule is Cc1cc(CN2CCC(N)CC2C)on1. The standard InChI is InChI=1S/C11H19N3O/c1-8-5-11(15-13-8)7-14-4-3-10(12)6-9(14)2/h5,9-10H,3-4,6-7,12H2,1-2H3. The molecule has 0 radical (unpaired) electrons. The van der Waals surface area contributed by atoms with E-state index >= 15 is 0 Å². The molecular formula is C11H19N3O. The van der Waals surface area contributed by atoms with Crippen molar-refractivity contribution in [1.82, 2.24) is 10.1 Å². The van der Waals surface area contributed by atoms with Gasteiger partial charge in [-0.15, -0.1) is 0 Å². The smallest absolute Gasteiger partial charge is 0.150 e. The maximum absolute atomic E-state index is 5.92. The van der Waals surface area contributed by atoms with Crippen molar-refractivity contribution in [3.05, 3.63) is 17.5 Å². The van der Waals surface area contributed by atoms with E-state index in [9.17, 15) is 0 Å². The first kappa shape index (κ1) is 10.6. The van der Waals surface area contributed by atoms with Gasteiger partial charge in [-0.2, -0.15) is 0 Å². The molecular weight excluding hydrogens is 190 g/mol. The Bertz CT molecular complexity index is 323. The van der Waals surface area contributed by atoms with Gasteiger partial charge in [0.1, 0.15) is 0 Å². The number of nitrogens with zero attached hydrogens (tertiary/aromatic N) is 2. The lowest BCUT2D eigenvalue weighted by atomic mass is 9.99. The van der Waals surface area contributed by atoms with Gasteiger partial charge in [0.25, 0.3) is 0 Å². The normalized spacial score (nSPS) is 28.2. The summed E-state index contributed by atoms with van der Waals surface area (Å²) in [6, 6.07) is 2.91. The van der Waals surface area contributed by atoms with E-state index in [-0.39, 0.29) is 0 Å². The summed E-state index contributed by atoms with van der Waals surface area (Å²) in [5.41, 5.74) is 6.87. The van der Waals surface area contributed by atoms with Crippen molar-refractivity contribution in [3.8, 4) is 0 Å². The molecule has 1 fully saturated rings. The molecule has 1 aromatic heterocycles. The number of likely N-dealkylation sites (tertiary alicyclic amines) is 1. The van der Waals surface area contributed by atoms with Crippen LogP contribution in [0.25, 0.3) is 0 Å². The summed E-state index contributed by atoms with van der Waals surface area (Å²) in [5, 5.41) is 3.90. The monoisotopic (exact) mass is 209 g/mol. The van der Waals surface area contributed by atoms with E-state index in [1.807, 2.05) is 13.0 Å². The summed E-state index contributed by atoms with van der Waals surface area (Å²) < 4.78 is 5.22. The minimum Gasteiger partial charge on any atom is -0.360 e. The van der Waals surface area contributed by atoms with Crippen molar-refractivity contribution in [3.63, 3.8) is 0 Å². The highest BCUT2D eigenvalue weighted by atomic mass is 16.5. The highest BCUT2D eigenvalue weighted by Gasteiger charge is 2.23. The third kappa shape index (κ3) is 2.58. The zero-order valence-electron chi connectivity index (χ0n) is 9.44. The highest BCUT2D eigenvalue weighted by molar-refractivity contribution is 5.03. The van der Waals surface area contributed by atoms with E-state index in [1.165, 1.54) is 0 Å². The lowest BCUT2D eigenvalue weighted by Gasteiger charge is -2.35. The van der Waals surface area contributed by atoms with Crippen molar-refractivity contribution >= 4 is 0 Å². The van der Waals surface area contributed by atoms with Crippen LogP contribution in [0.2, 0.25) is 0 Å². The fraction of sp³-hybridized carbons (Fsp3) is 0.727. The molecule has 2 N–H and O–H groups in total. The molecule has 84 valence electrons. The third-order valence-electron chi connectivity index (χ3n) is 3.09. The van der Waals surface area contributed by atoms with Crippen LogP contribution in [0.15, 0.2) is 10.6 Å². The topological polar surface area (TPSA) is 55.3 Å². The number of nitrogens with two attached hydrogens (primary N) is 1. The number of piperidine rings is 1. The summed E-state index contributed by atoms with van der Waals surface area (Å²) >= 11 is 0. The van der Waals surface area contributed by atoms with Crippen LogP contribution in [0.3, 0.4) is 0 Å². The largest absolute Gasteiger partial charge is 0.360 e. The molecule has 2 atom stereocenters. The second kappa shape index (κ2) is 4.33. The third-order valence-corrected chi connectivity index (χ3v) is 3.09. The first-order valence-corrected chi connectivity index (χ1v) is 5.57. The molecule has 4 nitrogen and oxygen atoms in total. The Morgan fingerprint density at radius 3 is 3.07 bits per heavy atom. The van der Waals surface area contributed by atoms with Crippen molar-refractivity contribution in [2.24, 2.45) is 5.73 Å². The summed E-state index contributed by atoms with van der Waals surface area (Å²) in [4.78, 5) is 2.41. The Hall–Kier alpha value is -0.870. The fourth-order valence-electron chi connectivity index (χ4n) is 2.18. The van der Waals surface area contributed by atoms with E-state index in [4.69, 9.17) is 10.3 Å². The number of hydrogen-bond donors (Lipinski definition) is 1. The van der Waals surface area contributed by atoms with E-state index in [0.29, 0.717) is 12.1 Å². The van der Waals surface area contributed by atoms with Crippen molar-refractivity contribution in [2.75, 3.05) is 6.54 Å². The predicted octanol–water partition coefficient (Wildman–Crippen LogP) is 1.29. The van der Waals surface area contributed by atoms with Crippen LogP contribution in [0.4, 0.5) is 0 Å². The maximum Gasteiger partial charge on any atom is 0.150 e. The molecule has 0 amide bonds. The molecule has 1 aliphatic rings. The van der Waals surface area contributed by atoms with Gasteiger partial charge in [-0.1, -0.05) is 5.16 Å². The molecule has 15 heavy (non-hydrogen) atoms. The average molecular weight is 209 g/mol. The van der Waals surface area contributed by atoms with E-state index in [1.54, 1.807) is 0 Å². The number of aromatic nitrogens is 1. The molecule has 4 heteroatoms. The lowest BCUT2D eigenvalue weighted by Crippen LogP contribution is -2.44. The van der Waals surface area contributed by atoms with Crippen LogP contribution in [0.5, 0.6) is 0 Å². The zero-order valence-corrected chi connectivity index (χ0v) is 9.44. The van der Waals surface area contributed by atoms with Gasteiger partial charge in [0.05, 0.1) is 12.2 Å². The van der Waals surface area contributed by atoms with Crippen LogP contribution in [0.1, 0.15) is 31.2 Å². The number of hydrogen-bond acceptors (Lipinski definition) is 4. The van der Waals surface area contributed by atoms with Gasteiger partial charge in [-0.3, -0.25) is 4.90 Å². The lowest BCUT2D eigenvalue weighted by molar-refractivity contribution is 0.126. The summed E-state index contributed by atoms with van der Waals surface area (Å²) in [7, 11) is 0. The van der Waals surface area contributed by atoms with Gasteiger partial charge >= 0.3 is 0 Å². The Morgan fingerprint density at radius 2 is 2.47 bits per heavy atom. The molecule has 2 heterocycles. The molecule has 2 unspecified atom stereocenters. The van der Waals surface area contributed by atoms with Gasteiger partial charge in [0, 0.05) is 24.7 Å². The Morgan fingerprint density at radius 1 is 1.67 bits per heavy atom. The first-order chi connectivity index (χ1) is 7.15. The van der Waals surface area contributed by atoms with Crippen molar-refractivity contribution in [2.45, 2.75) is 45.3 Å². The van der Waals surface area contributed by atoms with E-state index in [2.05, 4.69) is 17.0 Å². The molecule has 0 spiro atoms. The summed E-state index contributed by atoms with van der Waals surface area (Å²) in [6.45, 7) is 6.08. The van der Waals surface area contributed by atoms with Crippen LogP contribution >= 0.6 is 0 Å². The fourth-order valence-corrected chi connectivity index (χ4v) is 2.18. The Kier molecular flexibility index (Phi) is 3.07. The van der Waals surface area contributed by atoms with E-state index < -0.39 is 0 Å². The molecule has 1 saturated heterocycles. The van der Waals surface area contributed by atoms with Gasteiger partial charge in [-0.25, -0.2) is 0 Å². The minimum absolute atomic E-state index is 0.368. The molecule has 1 aliphatic heterocycles. The predicted molar refractivity (Wildman–Crippen MR) is 58.3 cm³/mol. The minimum atomic E-state index is 0.368. The van der Waals surface area contributed by atoms with Gasteiger partial charge in [-0.05, 0) is 26.7 Å². The van der Waals surface area contributed by atoms with Gasteiger partial charge in [0.15, 0.2) is 5.76 Å². The van der Waals surface area contributed by atoms with Crippen LogP contribution < -0.4 is 5.73 Å². The Labute approximate surface area is 90.4 Å². The molecule has 0 saturated carbocycles. The summed E-state index contributed by atoms with van der Waals surface area (Å²) in [5.74, 6) is 0.954. The number of aryl methyl sites for hydroxylation is 1. The van der Waals surface area contributed by atoms with Crippen molar-refractivity contribution in [1.29, 1.82) is 0 Å². The van der Waals surface area contributed by atoms with Crippen LogP contribution in [0, 0.1) is 6.92 Å². The van der Waals surface area contributed by atoms with Crippen LogP contribution in [-0.4, -0.2) is 28.7 Å². The quantitative estimate of drug-likeness (QED) is 0.797. The highest BCUT2D eigenvalue weighted by Crippen LogP contribution is 2.18. The molecule has 0 aliphatic carbocycles. The van der Waals surface area contributed by atoms with Gasteiger partial charge < -0.3 is 10.3 Å². The van der Waals surface area contributed by atoms with Gasteiger partial charge in [0.2, 0.25) is 0 Å². The zero-order chi connectivity index (χ0) is 10.8. The average Bonchev–Trinajstić information content (AvgIpc) is 2.56. The molecule has 2 rings (SSSR count). The molecule has 0 aromatic carbocycles. The number of rotatable bonds is 2. The first-order valence-electron chi connectivity index (χ1n) is 5.57. The molecule has 0 bridgehead atoms. The second-order valence-corrected chi connectivity index (χ2v) is 4.54. The van der Waals surface area contributed by atoms with Crippen LogP contribution in [-0.2, 0) is 6.54 Å². The summed E-state index contributed by atoms with van der Waals surface area (Å²) in [6.07, 6.45) is 2.16. The van der Waals surface area contributed by atoms with Crippen molar-refractivity contribution < 1.29 is 4.52 Å². The maximum atomic E-state index is 5.92.